The molecule has 0 saturated carbocycles. The topological polar surface area (TPSA) is 126 Å². The molecule has 1 aliphatic heterocycles. The van der Waals surface area contributed by atoms with Gasteiger partial charge < -0.3 is 18.9 Å². The second-order valence-electron chi connectivity index (χ2n) is 9.85. The number of H-pyrrole nitrogens is 1. The van der Waals surface area contributed by atoms with Crippen LogP contribution in [0.25, 0.3) is 0 Å². The van der Waals surface area contributed by atoms with Crippen molar-refractivity contribution in [1.82, 2.24) is 9.55 Å². The number of halogens is 3. The van der Waals surface area contributed by atoms with Gasteiger partial charge in [0, 0.05) is 6.20 Å². The highest BCUT2D eigenvalue weighted by Gasteiger charge is 2.68. The zero-order valence-corrected chi connectivity index (χ0v) is 24.4. The van der Waals surface area contributed by atoms with E-state index in [0.29, 0.717) is 4.57 Å². The second-order valence-corrected chi connectivity index (χ2v) is 10.3. The van der Waals surface area contributed by atoms with Crippen molar-refractivity contribution >= 4 is 30.1 Å². The Labute approximate surface area is 263 Å². The van der Waals surface area contributed by atoms with E-state index in [2.05, 4.69) is 4.98 Å². The monoisotopic (exact) mass is 652 g/mol. The molecule has 1 aromatic heterocycles. The van der Waals surface area contributed by atoms with Crippen LogP contribution in [0.5, 0.6) is 0 Å². The molecule has 0 radical (unpaired) electrons. The Morgan fingerprint density at radius 3 is 1.89 bits per heavy atom. The SMILES string of the molecule is O=C(OCC1=C(OC(=O)c2ccccc2)CC(OC(=O)c2ccccc2)(C(F)(F)F)[C@H](n2ccc(=S)[nH]c2=O)O1)c1ccccc1. The van der Waals surface area contributed by atoms with E-state index in [9.17, 15) is 19.2 Å². The Balaban J connectivity index is 1.65. The highest BCUT2D eigenvalue weighted by atomic mass is 32.1. The lowest BCUT2D eigenvalue weighted by Crippen LogP contribution is -2.59. The molecule has 1 N–H and O–H groups in total. The number of esters is 3. The second kappa shape index (κ2) is 13.2. The molecule has 14 heteroatoms. The van der Waals surface area contributed by atoms with Crippen LogP contribution in [0.15, 0.2) is 120 Å². The fourth-order valence-electron chi connectivity index (χ4n) is 4.54. The highest BCUT2D eigenvalue weighted by Crippen LogP contribution is 2.51. The zero-order valence-electron chi connectivity index (χ0n) is 23.6. The Kier molecular flexibility index (Phi) is 9.18. The number of carbonyl (C=O) groups is 3. The number of benzene rings is 3. The largest absolute Gasteiger partial charge is 0.462 e. The van der Waals surface area contributed by atoms with Crippen LogP contribution in [0.1, 0.15) is 43.7 Å². The number of nitrogens with zero attached hydrogens (tertiary/aromatic N) is 1. The molecular formula is C32H23F3N2O8S. The van der Waals surface area contributed by atoms with Crippen molar-refractivity contribution in [3.63, 3.8) is 0 Å². The first-order valence-electron chi connectivity index (χ1n) is 13.5. The molecule has 5 rings (SSSR count). The van der Waals surface area contributed by atoms with Crippen LogP contribution >= 0.6 is 12.2 Å². The van der Waals surface area contributed by atoms with Gasteiger partial charge in [-0.1, -0.05) is 66.8 Å². The summed E-state index contributed by atoms with van der Waals surface area (Å²) in [5, 5.41) is 0. The highest BCUT2D eigenvalue weighted by molar-refractivity contribution is 7.71. The molecule has 46 heavy (non-hydrogen) atoms. The predicted octanol–water partition coefficient (Wildman–Crippen LogP) is 5.91. The summed E-state index contributed by atoms with van der Waals surface area (Å²) in [4.78, 5) is 54.2. The molecule has 2 heterocycles. The third-order valence-electron chi connectivity index (χ3n) is 6.82. The van der Waals surface area contributed by atoms with Crippen LogP contribution in [0, 0.1) is 4.64 Å². The Morgan fingerprint density at radius 2 is 1.37 bits per heavy atom. The average Bonchev–Trinajstić information content (AvgIpc) is 3.05. The molecule has 0 fully saturated rings. The lowest BCUT2D eigenvalue weighted by molar-refractivity contribution is -0.313. The summed E-state index contributed by atoms with van der Waals surface area (Å²) in [6, 6.07) is 23.0. The molecule has 0 amide bonds. The van der Waals surface area contributed by atoms with E-state index in [0.717, 1.165) is 12.3 Å². The predicted molar refractivity (Wildman–Crippen MR) is 157 cm³/mol. The number of alkyl halides is 3. The fourth-order valence-corrected chi connectivity index (χ4v) is 4.69. The summed E-state index contributed by atoms with van der Waals surface area (Å²) in [6.07, 6.45) is -8.30. The van der Waals surface area contributed by atoms with Crippen molar-refractivity contribution < 1.29 is 46.5 Å². The third kappa shape index (κ3) is 6.76. The maximum absolute atomic E-state index is 15.4. The summed E-state index contributed by atoms with van der Waals surface area (Å²) in [5.74, 6) is -4.64. The lowest BCUT2D eigenvalue weighted by atomic mass is 9.91. The third-order valence-corrected chi connectivity index (χ3v) is 7.06. The quantitative estimate of drug-likeness (QED) is 0.141. The number of aromatic amines is 1. The molecule has 3 aromatic carbocycles. The molecule has 0 spiro atoms. The van der Waals surface area contributed by atoms with Gasteiger partial charge in [-0.3, -0.25) is 9.55 Å². The first-order valence-corrected chi connectivity index (χ1v) is 13.9. The Morgan fingerprint density at radius 1 is 0.848 bits per heavy atom. The Hall–Kier alpha value is -5.50. The molecule has 10 nitrogen and oxygen atoms in total. The van der Waals surface area contributed by atoms with E-state index >= 15 is 13.2 Å². The van der Waals surface area contributed by atoms with E-state index in [-0.39, 0.29) is 21.3 Å². The van der Waals surface area contributed by atoms with E-state index in [1.54, 1.807) is 30.3 Å². The van der Waals surface area contributed by atoms with Gasteiger partial charge in [-0.05, 0) is 42.5 Å². The number of rotatable bonds is 8. The first kappa shape index (κ1) is 31.9. The number of hydrogen-bond donors (Lipinski definition) is 1. The molecule has 236 valence electrons. The van der Waals surface area contributed by atoms with Gasteiger partial charge in [0.25, 0.3) is 5.60 Å². The van der Waals surface area contributed by atoms with Crippen LogP contribution in [-0.4, -0.2) is 45.8 Å². The number of ether oxygens (including phenoxy) is 4. The van der Waals surface area contributed by atoms with Crippen LogP contribution in [-0.2, 0) is 18.9 Å². The van der Waals surface area contributed by atoms with Crippen molar-refractivity contribution in [2.24, 2.45) is 0 Å². The summed E-state index contributed by atoms with van der Waals surface area (Å²) in [7, 11) is 0. The summed E-state index contributed by atoms with van der Waals surface area (Å²) in [6.45, 7) is -0.820. The van der Waals surface area contributed by atoms with E-state index < -0.39 is 66.1 Å². The smallest absolute Gasteiger partial charge is 0.434 e. The normalized spacial score (nSPS) is 17.8. The van der Waals surface area contributed by atoms with Gasteiger partial charge in [0.15, 0.2) is 18.1 Å². The van der Waals surface area contributed by atoms with Crippen LogP contribution in [0.3, 0.4) is 0 Å². The number of hydrogen-bond acceptors (Lipinski definition) is 9. The van der Waals surface area contributed by atoms with Crippen LogP contribution in [0.2, 0.25) is 0 Å². The van der Waals surface area contributed by atoms with E-state index in [1.165, 1.54) is 60.7 Å². The molecular weight excluding hydrogens is 629 g/mol. The van der Waals surface area contributed by atoms with Gasteiger partial charge in [-0.2, -0.15) is 13.2 Å². The minimum atomic E-state index is -5.44. The van der Waals surface area contributed by atoms with Crippen molar-refractivity contribution in [3.8, 4) is 0 Å². The van der Waals surface area contributed by atoms with Crippen LogP contribution < -0.4 is 5.69 Å². The molecule has 0 saturated heterocycles. The van der Waals surface area contributed by atoms with Gasteiger partial charge in [-0.15, -0.1) is 0 Å². The standard InChI is InChI=1S/C32H23F3N2O8S/c33-32(34,35)31(45-28(40)22-14-8-3-9-15-22)18-23(43-27(39)21-12-6-2-7-13-21)24(19-42-26(38)20-10-4-1-5-11-20)44-29(31)37-17-16-25(46)36-30(37)41/h1-17,29H,18-19H2,(H,36,41,46)/t29-,31?/m1/s1. The lowest BCUT2D eigenvalue weighted by Gasteiger charge is -2.44. The maximum atomic E-state index is 15.4. The van der Waals surface area contributed by atoms with Crippen molar-refractivity contribution in [2.75, 3.05) is 6.61 Å². The van der Waals surface area contributed by atoms with Gasteiger partial charge in [-0.25, -0.2) is 19.2 Å². The molecule has 1 aliphatic rings. The van der Waals surface area contributed by atoms with Crippen molar-refractivity contribution in [1.29, 1.82) is 0 Å². The van der Waals surface area contributed by atoms with Gasteiger partial charge in [0.2, 0.25) is 6.23 Å². The molecule has 0 aliphatic carbocycles. The van der Waals surface area contributed by atoms with Crippen molar-refractivity contribution in [2.45, 2.75) is 24.4 Å². The Bertz CT molecular complexity index is 1890. The van der Waals surface area contributed by atoms with Crippen LogP contribution in [0.4, 0.5) is 13.2 Å². The summed E-state index contributed by atoms with van der Waals surface area (Å²) < 4.78 is 68.2. The number of nitrogens with one attached hydrogen (secondary N) is 1. The van der Waals surface area contributed by atoms with E-state index in [1.807, 2.05) is 0 Å². The van der Waals surface area contributed by atoms with E-state index in [4.69, 9.17) is 31.2 Å². The maximum Gasteiger partial charge on any atom is 0.434 e. The minimum Gasteiger partial charge on any atom is -0.462 e. The average molecular weight is 653 g/mol. The van der Waals surface area contributed by atoms with Gasteiger partial charge in [0.05, 0.1) is 23.1 Å². The van der Waals surface area contributed by atoms with Crippen molar-refractivity contribution in [3.05, 3.63) is 147 Å². The fraction of sp³-hybridized carbons (Fsp3) is 0.156. The number of carbonyl (C=O) groups excluding carboxylic acids is 3. The van der Waals surface area contributed by atoms with Gasteiger partial charge in [0.1, 0.15) is 4.64 Å². The molecule has 1 unspecified atom stereocenters. The summed E-state index contributed by atoms with van der Waals surface area (Å²) >= 11 is 4.94. The van der Waals surface area contributed by atoms with Gasteiger partial charge >= 0.3 is 29.8 Å². The molecule has 0 bridgehead atoms. The number of aromatic nitrogens is 2. The molecule has 4 aromatic rings. The minimum absolute atomic E-state index is 0.0245. The first-order chi connectivity index (χ1) is 22.0. The zero-order chi connectivity index (χ0) is 32.9. The molecule has 2 atom stereocenters. The summed E-state index contributed by atoms with van der Waals surface area (Å²) in [5.41, 5.74) is -4.93.